The van der Waals surface area contributed by atoms with Crippen LogP contribution < -0.4 is 11.5 Å². The van der Waals surface area contributed by atoms with Crippen LogP contribution in [0.5, 0.6) is 0 Å². The first-order valence-electron chi connectivity index (χ1n) is 9.54. The molecule has 2 heteroatoms. The molecule has 0 radical (unpaired) electrons. The third-order valence-corrected chi connectivity index (χ3v) is 5.95. The number of hydrogen-bond donors (Lipinski definition) is 2. The van der Waals surface area contributed by atoms with Crippen LogP contribution in [-0.2, 0) is 5.41 Å². The Balaban J connectivity index is 1.97. The lowest BCUT2D eigenvalue weighted by Gasteiger charge is -2.35. The Kier molecular flexibility index (Phi) is 3.56. The van der Waals surface area contributed by atoms with Gasteiger partial charge >= 0.3 is 0 Å². The van der Waals surface area contributed by atoms with Crippen LogP contribution in [0.4, 0.5) is 11.4 Å². The van der Waals surface area contributed by atoms with Crippen LogP contribution in [0.15, 0.2) is 91.0 Å². The van der Waals surface area contributed by atoms with E-state index in [-0.39, 0.29) is 0 Å². The molecule has 0 amide bonds. The summed E-state index contributed by atoms with van der Waals surface area (Å²) in [4.78, 5) is 0. The van der Waals surface area contributed by atoms with E-state index in [0.29, 0.717) is 0 Å². The molecular weight excluding hydrogens is 340 g/mol. The summed E-state index contributed by atoms with van der Waals surface area (Å²) in [5.41, 5.74) is 22.1. The molecule has 0 heterocycles. The average molecular weight is 362 g/mol. The fourth-order valence-corrected chi connectivity index (χ4v) is 4.83. The van der Waals surface area contributed by atoms with Gasteiger partial charge in [0, 0.05) is 11.4 Å². The fraction of sp³-hybridized carbons (Fsp3) is 0.0769. The molecule has 4 N–H and O–H groups in total. The molecule has 5 rings (SSSR count). The summed E-state index contributed by atoms with van der Waals surface area (Å²) in [5.74, 6) is 0. The third-order valence-electron chi connectivity index (χ3n) is 5.95. The Morgan fingerprint density at radius 2 is 1.11 bits per heavy atom. The highest BCUT2D eigenvalue weighted by Crippen LogP contribution is 2.56. The van der Waals surface area contributed by atoms with Gasteiger partial charge < -0.3 is 11.5 Å². The second-order valence-electron chi connectivity index (χ2n) is 7.54. The normalized spacial score (nSPS) is 13.8. The quantitative estimate of drug-likeness (QED) is 0.406. The zero-order chi connectivity index (χ0) is 19.3. The predicted octanol–water partition coefficient (Wildman–Crippen LogP) is 5.52. The number of nitrogen functional groups attached to an aromatic ring is 2. The zero-order valence-corrected chi connectivity index (χ0v) is 15.8. The van der Waals surface area contributed by atoms with Gasteiger partial charge in [-0.15, -0.1) is 0 Å². The van der Waals surface area contributed by atoms with Gasteiger partial charge in [-0.3, -0.25) is 0 Å². The first-order valence-corrected chi connectivity index (χ1v) is 9.54. The smallest absolute Gasteiger partial charge is 0.0716 e. The van der Waals surface area contributed by atoms with E-state index >= 15 is 0 Å². The molecule has 0 bridgehead atoms. The molecule has 0 atom stereocenters. The molecule has 0 saturated carbocycles. The summed E-state index contributed by atoms with van der Waals surface area (Å²) in [6.07, 6.45) is 0. The fourth-order valence-electron chi connectivity index (χ4n) is 4.83. The highest BCUT2D eigenvalue weighted by atomic mass is 14.6. The van der Waals surface area contributed by atoms with Crippen molar-refractivity contribution in [1.29, 1.82) is 0 Å². The second kappa shape index (κ2) is 6.00. The van der Waals surface area contributed by atoms with Crippen molar-refractivity contribution in [1.82, 2.24) is 0 Å². The van der Waals surface area contributed by atoms with Gasteiger partial charge in [-0.05, 0) is 70.1 Å². The molecule has 0 aromatic heterocycles. The molecule has 4 aromatic carbocycles. The molecule has 0 fully saturated rings. The van der Waals surface area contributed by atoms with E-state index in [1.807, 2.05) is 18.2 Å². The van der Waals surface area contributed by atoms with E-state index in [0.717, 1.165) is 11.4 Å². The van der Waals surface area contributed by atoms with E-state index in [1.54, 1.807) is 0 Å². The molecule has 4 aromatic rings. The van der Waals surface area contributed by atoms with Crippen molar-refractivity contribution in [2.75, 3.05) is 11.5 Å². The summed E-state index contributed by atoms with van der Waals surface area (Å²) in [5, 5.41) is 0. The Morgan fingerprint density at radius 3 is 1.68 bits per heavy atom. The minimum absolute atomic E-state index is 0.390. The number of fused-ring (bicyclic) bond motifs is 3. The summed E-state index contributed by atoms with van der Waals surface area (Å²) < 4.78 is 0. The van der Waals surface area contributed by atoms with Gasteiger partial charge in [0.05, 0.1) is 5.41 Å². The minimum Gasteiger partial charge on any atom is -0.399 e. The second-order valence-corrected chi connectivity index (χ2v) is 7.54. The van der Waals surface area contributed by atoms with Crippen LogP contribution in [0.2, 0.25) is 0 Å². The van der Waals surface area contributed by atoms with Crippen LogP contribution in [0, 0.1) is 6.92 Å². The van der Waals surface area contributed by atoms with Gasteiger partial charge in [0.15, 0.2) is 0 Å². The van der Waals surface area contributed by atoms with Crippen molar-refractivity contribution in [3.05, 3.63) is 119 Å². The minimum atomic E-state index is -0.390. The van der Waals surface area contributed by atoms with Crippen molar-refractivity contribution < 1.29 is 0 Å². The van der Waals surface area contributed by atoms with Gasteiger partial charge in [-0.2, -0.15) is 0 Å². The number of anilines is 2. The van der Waals surface area contributed by atoms with Crippen LogP contribution in [0.1, 0.15) is 27.8 Å². The standard InChI is InChI=1S/C26H22N2/c1-17-16-20(28)14-15-23(17)26(18-10-12-19(27)13-11-18)24-8-4-2-6-21(24)22-7-3-5-9-25(22)26/h2-16H,27-28H2,1H3. The summed E-state index contributed by atoms with van der Waals surface area (Å²) in [6.45, 7) is 2.15. The van der Waals surface area contributed by atoms with Gasteiger partial charge in [0.2, 0.25) is 0 Å². The molecule has 2 nitrogen and oxygen atoms in total. The van der Waals surface area contributed by atoms with Crippen LogP contribution in [0.25, 0.3) is 11.1 Å². The predicted molar refractivity (Wildman–Crippen MR) is 117 cm³/mol. The van der Waals surface area contributed by atoms with Crippen molar-refractivity contribution in [3.63, 3.8) is 0 Å². The Labute approximate surface area is 165 Å². The number of benzene rings is 4. The van der Waals surface area contributed by atoms with Gasteiger partial charge in [-0.1, -0.05) is 66.7 Å². The number of aryl methyl sites for hydroxylation is 1. The first kappa shape index (κ1) is 16.6. The van der Waals surface area contributed by atoms with Crippen LogP contribution >= 0.6 is 0 Å². The highest BCUT2D eigenvalue weighted by molar-refractivity contribution is 5.86. The van der Waals surface area contributed by atoms with Gasteiger partial charge in [0.25, 0.3) is 0 Å². The Morgan fingerprint density at radius 1 is 0.571 bits per heavy atom. The molecule has 28 heavy (non-hydrogen) atoms. The van der Waals surface area contributed by atoms with Crippen LogP contribution in [0.3, 0.4) is 0 Å². The van der Waals surface area contributed by atoms with Gasteiger partial charge in [0.1, 0.15) is 0 Å². The molecule has 0 saturated heterocycles. The molecular formula is C26H22N2. The SMILES string of the molecule is Cc1cc(N)ccc1C1(c2ccc(N)cc2)c2ccccc2-c2ccccc21. The van der Waals surface area contributed by atoms with E-state index in [4.69, 9.17) is 11.5 Å². The molecule has 0 aliphatic heterocycles. The number of nitrogens with two attached hydrogens (primary N) is 2. The lowest BCUT2D eigenvalue weighted by Crippen LogP contribution is -2.29. The molecule has 0 unspecified atom stereocenters. The maximum atomic E-state index is 6.10. The van der Waals surface area contributed by atoms with Crippen molar-refractivity contribution in [2.24, 2.45) is 0 Å². The topological polar surface area (TPSA) is 52.0 Å². The van der Waals surface area contributed by atoms with Crippen LogP contribution in [-0.4, -0.2) is 0 Å². The van der Waals surface area contributed by atoms with Crippen molar-refractivity contribution >= 4 is 11.4 Å². The monoisotopic (exact) mass is 362 g/mol. The number of hydrogen-bond acceptors (Lipinski definition) is 2. The van der Waals surface area contributed by atoms with E-state index in [9.17, 15) is 0 Å². The molecule has 1 aliphatic rings. The van der Waals surface area contributed by atoms with E-state index in [1.165, 1.54) is 38.9 Å². The number of rotatable bonds is 2. The average Bonchev–Trinajstić information content (AvgIpc) is 3.00. The molecule has 1 aliphatic carbocycles. The summed E-state index contributed by atoms with van der Waals surface area (Å²) >= 11 is 0. The summed E-state index contributed by atoms with van der Waals surface area (Å²) in [7, 11) is 0. The molecule has 0 spiro atoms. The highest BCUT2D eigenvalue weighted by Gasteiger charge is 2.46. The Bertz CT molecular complexity index is 1140. The van der Waals surface area contributed by atoms with Crippen molar-refractivity contribution in [2.45, 2.75) is 12.3 Å². The third kappa shape index (κ3) is 2.15. The maximum Gasteiger partial charge on any atom is 0.0716 e. The van der Waals surface area contributed by atoms with E-state index < -0.39 is 5.41 Å². The lowest BCUT2D eigenvalue weighted by molar-refractivity contribution is 0.761. The zero-order valence-electron chi connectivity index (χ0n) is 15.8. The Hall–Kier alpha value is -3.52. The lowest BCUT2D eigenvalue weighted by atomic mass is 9.66. The van der Waals surface area contributed by atoms with E-state index in [2.05, 4.69) is 79.7 Å². The summed E-state index contributed by atoms with van der Waals surface area (Å²) in [6, 6.07) is 32.0. The molecule has 136 valence electrons. The van der Waals surface area contributed by atoms with Gasteiger partial charge in [-0.25, -0.2) is 0 Å². The van der Waals surface area contributed by atoms with Crippen molar-refractivity contribution in [3.8, 4) is 11.1 Å². The largest absolute Gasteiger partial charge is 0.399 e. The first-order chi connectivity index (χ1) is 13.6. The maximum absolute atomic E-state index is 6.10.